The number of halogens is 1. The van der Waals surface area contributed by atoms with E-state index in [0.717, 1.165) is 14.9 Å². The van der Waals surface area contributed by atoms with Crippen LogP contribution >= 0.6 is 23.1 Å². The molecule has 0 fully saturated rings. The predicted octanol–water partition coefficient (Wildman–Crippen LogP) is 3.16. The maximum Gasteiger partial charge on any atom is 0.179 e. The summed E-state index contributed by atoms with van der Waals surface area (Å²) in [5.74, 6) is -0.266. The summed E-state index contributed by atoms with van der Waals surface area (Å²) < 4.78 is 14.5. The Kier molecular flexibility index (Phi) is 3.76. The van der Waals surface area contributed by atoms with Gasteiger partial charge in [0, 0.05) is 6.04 Å². The average Bonchev–Trinajstić information content (AvgIpc) is 2.67. The van der Waals surface area contributed by atoms with Crippen LogP contribution in [0.25, 0.3) is 0 Å². The Balaban J connectivity index is 2.37. The summed E-state index contributed by atoms with van der Waals surface area (Å²) in [4.78, 5) is 0.540. The van der Waals surface area contributed by atoms with Gasteiger partial charge >= 0.3 is 0 Å². The van der Waals surface area contributed by atoms with Crippen molar-refractivity contribution < 1.29 is 4.39 Å². The topological polar surface area (TPSA) is 51.8 Å². The van der Waals surface area contributed by atoms with Crippen molar-refractivity contribution in [3.8, 4) is 0 Å². The SMILES string of the molecule is Cc1nnc(Sc2c(F)cccc2[C@H](C)N)s1. The van der Waals surface area contributed by atoms with Gasteiger partial charge in [-0.1, -0.05) is 35.2 Å². The monoisotopic (exact) mass is 269 g/mol. The highest BCUT2D eigenvalue weighted by molar-refractivity contribution is 8.01. The lowest BCUT2D eigenvalue weighted by Crippen LogP contribution is -2.07. The smallest absolute Gasteiger partial charge is 0.179 e. The molecule has 0 radical (unpaired) electrons. The Bertz CT molecular complexity index is 525. The number of hydrogen-bond donors (Lipinski definition) is 1. The van der Waals surface area contributed by atoms with Crippen molar-refractivity contribution in [2.75, 3.05) is 0 Å². The largest absolute Gasteiger partial charge is 0.324 e. The van der Waals surface area contributed by atoms with E-state index in [1.807, 2.05) is 19.9 Å². The minimum Gasteiger partial charge on any atom is -0.324 e. The van der Waals surface area contributed by atoms with E-state index < -0.39 is 0 Å². The Morgan fingerprint density at radius 2 is 2.18 bits per heavy atom. The maximum absolute atomic E-state index is 13.8. The van der Waals surface area contributed by atoms with Gasteiger partial charge in [-0.2, -0.15) is 0 Å². The van der Waals surface area contributed by atoms with Crippen LogP contribution in [0, 0.1) is 12.7 Å². The number of hydrogen-bond acceptors (Lipinski definition) is 5. The van der Waals surface area contributed by atoms with Crippen molar-refractivity contribution in [3.63, 3.8) is 0 Å². The van der Waals surface area contributed by atoms with Crippen molar-refractivity contribution in [1.29, 1.82) is 0 Å². The van der Waals surface area contributed by atoms with Crippen LogP contribution < -0.4 is 5.73 Å². The molecule has 6 heteroatoms. The number of benzene rings is 1. The number of nitrogens with zero attached hydrogens (tertiary/aromatic N) is 2. The van der Waals surface area contributed by atoms with Gasteiger partial charge in [-0.3, -0.25) is 0 Å². The van der Waals surface area contributed by atoms with E-state index in [-0.39, 0.29) is 11.9 Å². The summed E-state index contributed by atoms with van der Waals surface area (Å²) >= 11 is 2.72. The zero-order chi connectivity index (χ0) is 12.4. The maximum atomic E-state index is 13.8. The average molecular weight is 269 g/mol. The Labute approximate surface area is 107 Å². The number of aromatic nitrogens is 2. The Morgan fingerprint density at radius 3 is 2.76 bits per heavy atom. The van der Waals surface area contributed by atoms with Crippen molar-refractivity contribution in [2.24, 2.45) is 5.73 Å². The second-order valence-corrected chi connectivity index (χ2v) is 6.08. The van der Waals surface area contributed by atoms with E-state index in [1.54, 1.807) is 6.07 Å². The lowest BCUT2D eigenvalue weighted by Gasteiger charge is -2.11. The van der Waals surface area contributed by atoms with Gasteiger partial charge in [-0.05, 0) is 25.5 Å². The molecule has 0 saturated carbocycles. The molecule has 1 aromatic heterocycles. The number of rotatable bonds is 3. The van der Waals surface area contributed by atoms with E-state index in [1.165, 1.54) is 29.2 Å². The molecule has 0 amide bonds. The molecule has 0 aliphatic rings. The van der Waals surface area contributed by atoms with Crippen LogP contribution in [0.15, 0.2) is 27.4 Å². The van der Waals surface area contributed by atoms with Gasteiger partial charge in [-0.15, -0.1) is 10.2 Å². The summed E-state index contributed by atoms with van der Waals surface area (Å²) in [6.07, 6.45) is 0. The fourth-order valence-corrected chi connectivity index (χ4v) is 3.39. The molecule has 2 aromatic rings. The second kappa shape index (κ2) is 5.12. The van der Waals surface area contributed by atoms with Crippen LogP contribution in [-0.4, -0.2) is 10.2 Å². The molecule has 0 bridgehead atoms. The molecular formula is C11H12FN3S2. The van der Waals surface area contributed by atoms with Gasteiger partial charge in [0.15, 0.2) is 4.34 Å². The quantitative estimate of drug-likeness (QED) is 0.930. The molecule has 17 heavy (non-hydrogen) atoms. The second-order valence-electron chi connectivity index (χ2n) is 3.64. The van der Waals surface area contributed by atoms with E-state index in [0.29, 0.717) is 4.90 Å². The highest BCUT2D eigenvalue weighted by Crippen LogP contribution is 2.36. The zero-order valence-electron chi connectivity index (χ0n) is 9.48. The Hall–Kier alpha value is -0.980. The minimum absolute atomic E-state index is 0.206. The van der Waals surface area contributed by atoms with Crippen LogP contribution in [0.4, 0.5) is 4.39 Å². The first-order valence-corrected chi connectivity index (χ1v) is 6.73. The summed E-state index contributed by atoms with van der Waals surface area (Å²) in [6.45, 7) is 3.71. The van der Waals surface area contributed by atoms with Gasteiger partial charge in [0.05, 0.1) is 4.90 Å². The summed E-state index contributed by atoms with van der Waals surface area (Å²) in [5, 5.41) is 8.75. The molecule has 1 heterocycles. The summed E-state index contributed by atoms with van der Waals surface area (Å²) in [7, 11) is 0. The molecule has 0 aliphatic carbocycles. The highest BCUT2D eigenvalue weighted by Gasteiger charge is 2.14. The van der Waals surface area contributed by atoms with Gasteiger partial charge in [-0.25, -0.2) is 4.39 Å². The molecule has 0 aliphatic heterocycles. The molecule has 1 aromatic carbocycles. The summed E-state index contributed by atoms with van der Waals surface area (Å²) in [6, 6.07) is 4.73. The minimum atomic E-state index is -0.266. The first-order valence-electron chi connectivity index (χ1n) is 5.10. The molecule has 3 nitrogen and oxygen atoms in total. The molecule has 2 rings (SSSR count). The van der Waals surface area contributed by atoms with E-state index >= 15 is 0 Å². The Morgan fingerprint density at radius 1 is 1.41 bits per heavy atom. The van der Waals surface area contributed by atoms with Crippen molar-refractivity contribution in [2.45, 2.75) is 29.1 Å². The van der Waals surface area contributed by atoms with E-state index in [2.05, 4.69) is 10.2 Å². The molecule has 0 unspecified atom stereocenters. The zero-order valence-corrected chi connectivity index (χ0v) is 11.1. The van der Waals surface area contributed by atoms with Crippen LogP contribution in [0.3, 0.4) is 0 Å². The fraction of sp³-hybridized carbons (Fsp3) is 0.273. The van der Waals surface area contributed by atoms with Crippen molar-refractivity contribution in [1.82, 2.24) is 10.2 Å². The van der Waals surface area contributed by atoms with E-state index in [9.17, 15) is 4.39 Å². The van der Waals surface area contributed by atoms with Gasteiger partial charge in [0.1, 0.15) is 10.8 Å². The normalized spacial score (nSPS) is 12.7. The highest BCUT2D eigenvalue weighted by atomic mass is 32.2. The fourth-order valence-electron chi connectivity index (χ4n) is 1.40. The number of aryl methyl sites for hydroxylation is 1. The van der Waals surface area contributed by atoms with Crippen LogP contribution in [-0.2, 0) is 0 Å². The third-order valence-electron chi connectivity index (χ3n) is 2.18. The molecule has 2 N–H and O–H groups in total. The summed E-state index contributed by atoms with van der Waals surface area (Å²) in [5.41, 5.74) is 6.62. The van der Waals surface area contributed by atoms with Gasteiger partial charge in [0.2, 0.25) is 0 Å². The lowest BCUT2D eigenvalue weighted by atomic mass is 10.1. The molecule has 1 atom stereocenters. The lowest BCUT2D eigenvalue weighted by molar-refractivity contribution is 0.591. The van der Waals surface area contributed by atoms with Crippen molar-refractivity contribution >= 4 is 23.1 Å². The third kappa shape index (κ3) is 2.83. The molecule has 0 saturated heterocycles. The molecule has 0 spiro atoms. The predicted molar refractivity (Wildman–Crippen MR) is 67.8 cm³/mol. The number of nitrogens with two attached hydrogens (primary N) is 1. The standard InChI is InChI=1S/C11H12FN3S2/c1-6(13)8-4-3-5-9(12)10(8)17-11-15-14-7(2)16-11/h3-6H,13H2,1-2H3/t6-/m0/s1. The first-order chi connectivity index (χ1) is 8.08. The van der Waals surface area contributed by atoms with Gasteiger partial charge in [0.25, 0.3) is 0 Å². The van der Waals surface area contributed by atoms with Crippen LogP contribution in [0.1, 0.15) is 23.5 Å². The van der Waals surface area contributed by atoms with Crippen LogP contribution in [0.2, 0.25) is 0 Å². The van der Waals surface area contributed by atoms with Crippen LogP contribution in [0.5, 0.6) is 0 Å². The third-order valence-corrected chi connectivity index (χ3v) is 4.21. The molecule has 90 valence electrons. The molecular weight excluding hydrogens is 257 g/mol. The van der Waals surface area contributed by atoms with E-state index in [4.69, 9.17) is 5.73 Å². The van der Waals surface area contributed by atoms with Gasteiger partial charge < -0.3 is 5.73 Å². The first kappa shape index (κ1) is 12.5. The van der Waals surface area contributed by atoms with Crippen molar-refractivity contribution in [3.05, 3.63) is 34.6 Å².